The first-order valence-electron chi connectivity index (χ1n) is 10.2. The Morgan fingerprint density at radius 1 is 1.20 bits per heavy atom. The molecule has 1 saturated carbocycles. The molecule has 1 aliphatic heterocycles. The van der Waals surface area contributed by atoms with E-state index in [1.165, 1.54) is 4.31 Å². The number of likely N-dealkylation sites (N-methyl/N-ethyl adjacent to an activating group) is 1. The zero-order valence-electron chi connectivity index (χ0n) is 17.1. The van der Waals surface area contributed by atoms with Gasteiger partial charge < -0.3 is 10.6 Å². The smallest absolute Gasteiger partial charge is 0.352 e. The van der Waals surface area contributed by atoms with E-state index in [0.29, 0.717) is 6.54 Å². The molecule has 1 aromatic rings. The van der Waals surface area contributed by atoms with Crippen LogP contribution >= 0.6 is 0 Å². The summed E-state index contributed by atoms with van der Waals surface area (Å²) in [6, 6.07) is 3.23. The van der Waals surface area contributed by atoms with Crippen molar-refractivity contribution in [1.29, 1.82) is 0 Å². The van der Waals surface area contributed by atoms with Crippen LogP contribution in [0.3, 0.4) is 0 Å². The summed E-state index contributed by atoms with van der Waals surface area (Å²) >= 11 is 0. The summed E-state index contributed by atoms with van der Waals surface area (Å²) in [7, 11) is -2.14. The summed E-state index contributed by atoms with van der Waals surface area (Å²) in [5.74, 6) is 0.0742. The predicted molar refractivity (Wildman–Crippen MR) is 106 cm³/mol. The SMILES string of the molecule is CCC[C@H](NC)C(=O)N[C@H]1CC[C@H]2CN(S(=O)(=O)c3ccc(C(F)(F)F)cc3)C[C@H]21. The minimum absolute atomic E-state index is 0.0114. The second kappa shape index (κ2) is 8.84. The maximum absolute atomic E-state index is 12.9. The van der Waals surface area contributed by atoms with Crippen molar-refractivity contribution in [2.75, 3.05) is 20.1 Å². The number of carbonyl (C=O) groups is 1. The fraction of sp³-hybridized carbons (Fsp3) is 0.650. The molecule has 30 heavy (non-hydrogen) atoms. The number of benzene rings is 1. The van der Waals surface area contributed by atoms with Gasteiger partial charge in [-0.3, -0.25) is 4.79 Å². The molecular weight excluding hydrogens is 419 g/mol. The Bertz CT molecular complexity index is 858. The largest absolute Gasteiger partial charge is 0.416 e. The van der Waals surface area contributed by atoms with Crippen molar-refractivity contribution >= 4 is 15.9 Å². The average molecular weight is 448 g/mol. The van der Waals surface area contributed by atoms with Crippen LogP contribution in [0.2, 0.25) is 0 Å². The van der Waals surface area contributed by atoms with Crippen LogP contribution in [0.5, 0.6) is 0 Å². The summed E-state index contributed by atoms with van der Waals surface area (Å²) < 4.78 is 65.5. The quantitative estimate of drug-likeness (QED) is 0.674. The van der Waals surface area contributed by atoms with Gasteiger partial charge in [-0.2, -0.15) is 17.5 Å². The van der Waals surface area contributed by atoms with Crippen molar-refractivity contribution in [3.8, 4) is 0 Å². The van der Waals surface area contributed by atoms with Crippen molar-refractivity contribution in [2.24, 2.45) is 11.8 Å². The number of rotatable bonds is 7. The molecule has 1 aromatic carbocycles. The highest BCUT2D eigenvalue weighted by Gasteiger charge is 2.47. The van der Waals surface area contributed by atoms with E-state index >= 15 is 0 Å². The second-order valence-corrected chi connectivity index (χ2v) is 10.0. The topological polar surface area (TPSA) is 78.5 Å². The summed E-state index contributed by atoms with van der Waals surface area (Å²) in [4.78, 5) is 12.4. The van der Waals surface area contributed by atoms with Gasteiger partial charge in [0.25, 0.3) is 0 Å². The van der Waals surface area contributed by atoms with E-state index in [1.807, 2.05) is 6.92 Å². The predicted octanol–water partition coefficient (Wildman–Crippen LogP) is 2.61. The lowest BCUT2D eigenvalue weighted by Crippen LogP contribution is -2.48. The van der Waals surface area contributed by atoms with E-state index in [9.17, 15) is 26.4 Å². The van der Waals surface area contributed by atoms with Gasteiger partial charge in [-0.15, -0.1) is 0 Å². The van der Waals surface area contributed by atoms with Gasteiger partial charge >= 0.3 is 6.18 Å². The molecule has 3 rings (SSSR count). The zero-order valence-corrected chi connectivity index (χ0v) is 17.9. The summed E-state index contributed by atoms with van der Waals surface area (Å²) in [5.41, 5.74) is -0.881. The molecule has 4 atom stereocenters. The number of fused-ring (bicyclic) bond motifs is 1. The van der Waals surface area contributed by atoms with E-state index in [1.54, 1.807) is 7.05 Å². The fourth-order valence-corrected chi connectivity index (χ4v) is 6.08. The van der Waals surface area contributed by atoms with Crippen LogP contribution < -0.4 is 10.6 Å². The first-order valence-corrected chi connectivity index (χ1v) is 11.7. The first kappa shape index (κ1) is 23.0. The lowest BCUT2D eigenvalue weighted by atomic mass is 9.97. The lowest BCUT2D eigenvalue weighted by Gasteiger charge is -2.24. The number of nitrogens with one attached hydrogen (secondary N) is 2. The van der Waals surface area contributed by atoms with Crippen molar-refractivity contribution < 1.29 is 26.4 Å². The molecule has 0 aromatic heterocycles. The van der Waals surface area contributed by atoms with Crippen molar-refractivity contribution in [1.82, 2.24) is 14.9 Å². The van der Waals surface area contributed by atoms with Crippen LogP contribution in [0.15, 0.2) is 29.2 Å². The third-order valence-electron chi connectivity index (χ3n) is 6.21. The van der Waals surface area contributed by atoms with E-state index < -0.39 is 21.8 Å². The first-order chi connectivity index (χ1) is 14.1. The van der Waals surface area contributed by atoms with Crippen LogP contribution in [0.1, 0.15) is 38.2 Å². The van der Waals surface area contributed by atoms with Crippen LogP contribution in [0, 0.1) is 11.8 Å². The number of nitrogens with zero attached hydrogens (tertiary/aromatic N) is 1. The minimum Gasteiger partial charge on any atom is -0.352 e. The summed E-state index contributed by atoms with van der Waals surface area (Å²) in [6.07, 6.45) is -1.31. The number of amides is 1. The molecule has 1 amide bonds. The number of carbonyl (C=O) groups excluding carboxylic acids is 1. The van der Waals surface area contributed by atoms with Crippen molar-refractivity contribution in [3.63, 3.8) is 0 Å². The fourth-order valence-electron chi connectivity index (χ4n) is 4.54. The van der Waals surface area contributed by atoms with E-state index in [4.69, 9.17) is 0 Å². The van der Waals surface area contributed by atoms with Crippen LogP contribution in [0.4, 0.5) is 13.2 Å². The Kier molecular flexibility index (Phi) is 6.78. The molecule has 1 aliphatic carbocycles. The molecule has 10 heteroatoms. The van der Waals surface area contributed by atoms with Gasteiger partial charge in [-0.25, -0.2) is 8.42 Å². The highest BCUT2D eigenvalue weighted by molar-refractivity contribution is 7.89. The summed E-state index contributed by atoms with van der Waals surface area (Å²) in [6.45, 7) is 2.59. The number of halogens is 3. The minimum atomic E-state index is -4.51. The molecule has 2 fully saturated rings. The normalized spacial score (nSPS) is 25.8. The molecule has 0 unspecified atom stereocenters. The molecule has 1 saturated heterocycles. The molecule has 1 heterocycles. The number of sulfonamides is 1. The molecule has 6 nitrogen and oxygen atoms in total. The maximum atomic E-state index is 12.9. The Balaban J connectivity index is 1.68. The van der Waals surface area contributed by atoms with Crippen LogP contribution in [0.25, 0.3) is 0 Å². The highest BCUT2D eigenvalue weighted by Crippen LogP contribution is 2.40. The number of hydrogen-bond acceptors (Lipinski definition) is 4. The Morgan fingerprint density at radius 2 is 1.87 bits per heavy atom. The van der Waals surface area contributed by atoms with Gasteiger partial charge in [0.2, 0.25) is 15.9 Å². The monoisotopic (exact) mass is 447 g/mol. The Labute approximate surface area is 175 Å². The average Bonchev–Trinajstić information content (AvgIpc) is 3.28. The molecule has 2 aliphatic rings. The highest BCUT2D eigenvalue weighted by atomic mass is 32.2. The maximum Gasteiger partial charge on any atom is 0.416 e. The van der Waals surface area contributed by atoms with E-state index in [2.05, 4.69) is 10.6 Å². The van der Waals surface area contributed by atoms with Gasteiger partial charge in [0.1, 0.15) is 0 Å². The van der Waals surface area contributed by atoms with Gasteiger partial charge in [0, 0.05) is 19.1 Å². The molecule has 0 bridgehead atoms. The molecule has 0 spiro atoms. The zero-order chi connectivity index (χ0) is 22.1. The third kappa shape index (κ3) is 4.65. The van der Waals surface area contributed by atoms with Crippen LogP contribution in [-0.4, -0.2) is 50.9 Å². The Hall–Kier alpha value is -1.65. The van der Waals surface area contributed by atoms with Crippen LogP contribution in [-0.2, 0) is 21.0 Å². The second-order valence-electron chi connectivity index (χ2n) is 8.09. The molecule has 2 N–H and O–H groups in total. The Morgan fingerprint density at radius 3 is 2.43 bits per heavy atom. The lowest BCUT2D eigenvalue weighted by molar-refractivity contribution is -0.137. The third-order valence-corrected chi connectivity index (χ3v) is 8.06. The molecule has 0 radical (unpaired) electrons. The van der Waals surface area contributed by atoms with Gasteiger partial charge in [0.15, 0.2) is 0 Å². The number of hydrogen-bond donors (Lipinski definition) is 2. The van der Waals surface area contributed by atoms with Gasteiger partial charge in [-0.1, -0.05) is 13.3 Å². The van der Waals surface area contributed by atoms with Crippen molar-refractivity contribution in [3.05, 3.63) is 29.8 Å². The van der Waals surface area contributed by atoms with E-state index in [-0.39, 0.29) is 41.3 Å². The summed E-state index contributed by atoms with van der Waals surface area (Å²) in [5, 5.41) is 6.08. The number of alkyl halides is 3. The van der Waals surface area contributed by atoms with E-state index in [0.717, 1.165) is 49.9 Å². The molecular formula is C20H28F3N3O3S. The standard InChI is InChI=1S/C20H28F3N3O3S/c1-3-4-18(24-2)19(27)25-17-10-5-13-11-26(12-16(13)17)30(28,29)15-8-6-14(7-9-15)20(21,22)23/h6-9,13,16-18,24H,3-5,10-12H2,1-2H3,(H,25,27)/t13-,16+,17-,18-/m0/s1. The van der Waals surface area contributed by atoms with Gasteiger partial charge in [0.05, 0.1) is 16.5 Å². The van der Waals surface area contributed by atoms with Gasteiger partial charge in [-0.05, 0) is 62.4 Å². The molecule has 168 valence electrons. The van der Waals surface area contributed by atoms with Crippen molar-refractivity contribution in [2.45, 2.75) is 55.8 Å².